The van der Waals surface area contributed by atoms with Gasteiger partial charge in [0.25, 0.3) is 5.78 Å². The van der Waals surface area contributed by atoms with Crippen molar-refractivity contribution in [2.24, 2.45) is 0 Å². The Morgan fingerprint density at radius 3 is 2.41 bits per heavy atom. The number of aryl methyl sites for hydroxylation is 1. The lowest BCUT2D eigenvalue weighted by Crippen LogP contribution is -2.29. The Balaban J connectivity index is 1.75. The zero-order valence-electron chi connectivity index (χ0n) is 22.1. The summed E-state index contributed by atoms with van der Waals surface area (Å²) < 4.78 is 25.3. The van der Waals surface area contributed by atoms with Gasteiger partial charge in [0.1, 0.15) is 23.1 Å². The number of aromatic nitrogens is 1. The number of benzene rings is 3. The number of anilines is 1. The van der Waals surface area contributed by atoms with Gasteiger partial charge >= 0.3 is 5.91 Å². The summed E-state index contributed by atoms with van der Waals surface area (Å²) in [6.07, 6.45) is 0. The molecule has 1 amide bonds. The van der Waals surface area contributed by atoms with Gasteiger partial charge in [-0.2, -0.15) is 0 Å². The molecule has 200 valence electrons. The standard InChI is InChI=1S/C30H27FN2O5S/c1-15(2)20-14-21(16(3)12-23(20)38-5)27(34)25-26(17-6-9-19(37-4)10-7-17)33(29(36)28(25)35)30-32-22-11-8-18(31)13-24(22)39-30/h6-15,26,34H,1-5H3/b27-25+. The normalized spacial score (nSPS) is 16.9. The van der Waals surface area contributed by atoms with Crippen LogP contribution >= 0.6 is 11.3 Å². The molecular weight excluding hydrogens is 519 g/mol. The Bertz CT molecular complexity index is 1640. The summed E-state index contributed by atoms with van der Waals surface area (Å²) in [5.74, 6) is -1.03. The molecule has 2 heterocycles. The number of fused-ring (bicyclic) bond motifs is 1. The molecule has 0 saturated carbocycles. The van der Waals surface area contributed by atoms with Crippen molar-refractivity contribution in [1.82, 2.24) is 4.98 Å². The van der Waals surface area contributed by atoms with Gasteiger partial charge in [0.05, 0.1) is 36.1 Å². The number of ether oxygens (including phenoxy) is 2. The summed E-state index contributed by atoms with van der Waals surface area (Å²) in [6.45, 7) is 5.81. The van der Waals surface area contributed by atoms with Crippen LogP contribution in [-0.2, 0) is 9.59 Å². The van der Waals surface area contributed by atoms with Crippen LogP contribution in [0, 0.1) is 12.7 Å². The van der Waals surface area contributed by atoms with E-state index in [9.17, 15) is 19.1 Å². The van der Waals surface area contributed by atoms with Crippen molar-refractivity contribution < 1.29 is 28.6 Å². The van der Waals surface area contributed by atoms with Crippen molar-refractivity contribution in [1.29, 1.82) is 0 Å². The quantitative estimate of drug-likeness (QED) is 0.168. The number of rotatable bonds is 6. The second-order valence-electron chi connectivity index (χ2n) is 9.61. The van der Waals surface area contributed by atoms with Crippen LogP contribution in [0.2, 0.25) is 0 Å². The smallest absolute Gasteiger partial charge is 0.301 e. The van der Waals surface area contributed by atoms with Gasteiger partial charge in [-0.05, 0) is 72.0 Å². The second kappa shape index (κ2) is 10.1. The summed E-state index contributed by atoms with van der Waals surface area (Å²) in [5, 5.41) is 11.9. The number of aliphatic hydroxyl groups is 1. The fraction of sp³-hybridized carbons (Fsp3) is 0.233. The summed E-state index contributed by atoms with van der Waals surface area (Å²) in [4.78, 5) is 32.9. The predicted octanol–water partition coefficient (Wildman–Crippen LogP) is 6.51. The monoisotopic (exact) mass is 546 g/mol. The number of amides is 1. The average Bonchev–Trinajstić information content (AvgIpc) is 3.45. The third kappa shape index (κ3) is 4.52. The minimum atomic E-state index is -0.967. The lowest BCUT2D eigenvalue weighted by Gasteiger charge is -2.23. The van der Waals surface area contributed by atoms with Crippen LogP contribution in [-0.4, -0.2) is 36.0 Å². The number of thiazole rings is 1. The van der Waals surface area contributed by atoms with Crippen LogP contribution in [0.3, 0.4) is 0 Å². The first kappa shape index (κ1) is 26.4. The molecule has 1 aromatic heterocycles. The number of hydrogen-bond acceptors (Lipinski definition) is 7. The first-order valence-corrected chi connectivity index (χ1v) is 13.2. The second-order valence-corrected chi connectivity index (χ2v) is 10.6. The molecule has 4 aromatic rings. The fourth-order valence-electron chi connectivity index (χ4n) is 4.85. The van der Waals surface area contributed by atoms with Gasteiger partial charge in [0.15, 0.2) is 5.13 Å². The molecular formula is C30H27FN2O5S. The number of aliphatic hydroxyl groups excluding tert-OH is 1. The van der Waals surface area contributed by atoms with Crippen LogP contribution in [0.15, 0.2) is 60.2 Å². The minimum Gasteiger partial charge on any atom is -0.507 e. The van der Waals surface area contributed by atoms with E-state index in [4.69, 9.17) is 9.47 Å². The van der Waals surface area contributed by atoms with E-state index >= 15 is 0 Å². The average molecular weight is 547 g/mol. The van der Waals surface area contributed by atoms with E-state index in [1.165, 1.54) is 23.1 Å². The van der Waals surface area contributed by atoms with E-state index in [0.29, 0.717) is 38.4 Å². The number of ketones is 1. The molecule has 1 saturated heterocycles. The Hall–Kier alpha value is -4.24. The van der Waals surface area contributed by atoms with Crippen LogP contribution in [0.5, 0.6) is 11.5 Å². The van der Waals surface area contributed by atoms with Crippen LogP contribution in [0.25, 0.3) is 16.0 Å². The molecule has 1 N–H and O–H groups in total. The zero-order valence-corrected chi connectivity index (χ0v) is 22.9. The predicted molar refractivity (Wildman–Crippen MR) is 149 cm³/mol. The van der Waals surface area contributed by atoms with Crippen molar-refractivity contribution in [3.8, 4) is 11.5 Å². The highest BCUT2D eigenvalue weighted by Crippen LogP contribution is 2.45. The molecule has 1 unspecified atom stereocenters. The molecule has 5 rings (SSSR count). The lowest BCUT2D eigenvalue weighted by molar-refractivity contribution is -0.132. The molecule has 1 aliphatic rings. The molecule has 0 spiro atoms. The highest BCUT2D eigenvalue weighted by atomic mass is 32.1. The van der Waals surface area contributed by atoms with E-state index in [1.54, 1.807) is 44.6 Å². The van der Waals surface area contributed by atoms with E-state index < -0.39 is 23.5 Å². The molecule has 0 aliphatic carbocycles. The minimum absolute atomic E-state index is 0.0569. The Labute approximate surface area is 229 Å². The fourth-order valence-corrected chi connectivity index (χ4v) is 5.86. The van der Waals surface area contributed by atoms with Crippen LogP contribution < -0.4 is 14.4 Å². The van der Waals surface area contributed by atoms with Crippen molar-refractivity contribution >= 4 is 44.1 Å². The number of methoxy groups -OCH3 is 2. The Morgan fingerprint density at radius 2 is 1.77 bits per heavy atom. The van der Waals surface area contributed by atoms with Gasteiger partial charge in [-0.25, -0.2) is 9.37 Å². The maximum Gasteiger partial charge on any atom is 0.301 e. The highest BCUT2D eigenvalue weighted by molar-refractivity contribution is 7.22. The molecule has 1 fully saturated rings. The van der Waals surface area contributed by atoms with Crippen LogP contribution in [0.1, 0.15) is 48.1 Å². The zero-order chi connectivity index (χ0) is 28.0. The summed E-state index contributed by atoms with van der Waals surface area (Å²) in [6, 6.07) is 13.7. The van der Waals surface area contributed by atoms with Crippen molar-refractivity contribution in [2.75, 3.05) is 19.1 Å². The van der Waals surface area contributed by atoms with Gasteiger partial charge in [0.2, 0.25) is 0 Å². The third-order valence-electron chi connectivity index (χ3n) is 6.88. The van der Waals surface area contributed by atoms with Gasteiger partial charge in [-0.1, -0.05) is 37.3 Å². The number of hydrogen-bond donors (Lipinski definition) is 1. The van der Waals surface area contributed by atoms with E-state index in [1.807, 2.05) is 26.8 Å². The van der Waals surface area contributed by atoms with Crippen molar-refractivity contribution in [2.45, 2.75) is 32.7 Å². The largest absolute Gasteiger partial charge is 0.507 e. The summed E-state index contributed by atoms with van der Waals surface area (Å²) in [7, 11) is 3.12. The van der Waals surface area contributed by atoms with E-state index in [-0.39, 0.29) is 22.4 Å². The molecule has 0 bridgehead atoms. The molecule has 9 heteroatoms. The molecule has 0 radical (unpaired) electrons. The maximum atomic E-state index is 13.9. The number of Topliss-reactive ketones (excluding diaryl/α,β-unsaturated/α-hetero) is 1. The Kier molecular flexibility index (Phi) is 6.86. The van der Waals surface area contributed by atoms with E-state index in [2.05, 4.69) is 4.98 Å². The first-order chi connectivity index (χ1) is 18.6. The SMILES string of the molecule is COc1ccc(C2/C(=C(\O)c3cc(C(C)C)c(OC)cc3C)C(=O)C(=O)N2c2nc3ccc(F)cc3s2)cc1. The van der Waals surface area contributed by atoms with Gasteiger partial charge < -0.3 is 14.6 Å². The van der Waals surface area contributed by atoms with E-state index in [0.717, 1.165) is 16.9 Å². The number of halogens is 1. The van der Waals surface area contributed by atoms with Gasteiger partial charge in [-0.3, -0.25) is 14.5 Å². The Morgan fingerprint density at radius 1 is 1.05 bits per heavy atom. The summed E-state index contributed by atoms with van der Waals surface area (Å²) in [5.41, 5.74) is 2.99. The van der Waals surface area contributed by atoms with Crippen molar-refractivity contribution in [3.63, 3.8) is 0 Å². The third-order valence-corrected chi connectivity index (χ3v) is 7.89. The molecule has 39 heavy (non-hydrogen) atoms. The molecule has 1 aliphatic heterocycles. The topological polar surface area (TPSA) is 89.0 Å². The van der Waals surface area contributed by atoms with Gasteiger partial charge in [-0.15, -0.1) is 0 Å². The molecule has 7 nitrogen and oxygen atoms in total. The first-order valence-electron chi connectivity index (χ1n) is 12.3. The molecule has 1 atom stereocenters. The van der Waals surface area contributed by atoms with Crippen molar-refractivity contribution in [3.05, 3.63) is 88.2 Å². The maximum absolute atomic E-state index is 13.9. The highest BCUT2D eigenvalue weighted by Gasteiger charge is 2.48. The lowest BCUT2D eigenvalue weighted by atomic mass is 9.91. The number of carbonyl (C=O) groups excluding carboxylic acids is 2. The molecule has 3 aromatic carbocycles. The van der Waals surface area contributed by atoms with Crippen LogP contribution in [0.4, 0.5) is 9.52 Å². The summed E-state index contributed by atoms with van der Waals surface area (Å²) >= 11 is 1.10. The van der Waals surface area contributed by atoms with Gasteiger partial charge in [0, 0.05) is 5.56 Å². The number of carbonyl (C=O) groups is 2. The number of nitrogens with zero attached hydrogens (tertiary/aromatic N) is 2.